The first-order valence-electron chi connectivity index (χ1n) is 9.26. The quantitative estimate of drug-likeness (QED) is 0.436. The maximum Gasteiger partial charge on any atom is 0.159 e. The third kappa shape index (κ3) is 3.00. The van der Waals surface area contributed by atoms with Crippen LogP contribution in [-0.2, 0) is 0 Å². The molecule has 5 aromatic rings. The molecule has 140 valence electrons. The molecule has 6 heteroatoms. The maximum absolute atomic E-state index is 11.7. The van der Waals surface area contributed by atoms with Crippen molar-refractivity contribution >= 4 is 16.7 Å². The number of carbonyl (C=O) groups excluding carboxylic acids is 1. The molecule has 0 fully saturated rings. The highest BCUT2D eigenvalue weighted by molar-refractivity contribution is 6.01. The van der Waals surface area contributed by atoms with Crippen LogP contribution >= 0.6 is 0 Å². The van der Waals surface area contributed by atoms with E-state index in [0.717, 1.165) is 39.2 Å². The number of imidazole rings is 1. The number of benzene rings is 1. The summed E-state index contributed by atoms with van der Waals surface area (Å²) in [5, 5.41) is 0.990. The van der Waals surface area contributed by atoms with Gasteiger partial charge >= 0.3 is 0 Å². The highest BCUT2D eigenvalue weighted by Gasteiger charge is 2.19. The molecule has 29 heavy (non-hydrogen) atoms. The normalized spacial score (nSPS) is 11.1. The number of carbonyl (C=O) groups is 1. The first kappa shape index (κ1) is 17.1. The molecule has 6 nitrogen and oxygen atoms in total. The van der Waals surface area contributed by atoms with Gasteiger partial charge in [0, 0.05) is 40.6 Å². The van der Waals surface area contributed by atoms with Crippen molar-refractivity contribution < 1.29 is 4.79 Å². The summed E-state index contributed by atoms with van der Waals surface area (Å²) in [7, 11) is 0. The van der Waals surface area contributed by atoms with Crippen molar-refractivity contribution in [2.75, 3.05) is 0 Å². The predicted octanol–water partition coefficient (Wildman–Crippen LogP) is 4.88. The molecule has 0 radical (unpaired) electrons. The van der Waals surface area contributed by atoms with Crippen molar-refractivity contribution in [1.82, 2.24) is 24.9 Å². The molecule has 4 heterocycles. The van der Waals surface area contributed by atoms with Crippen molar-refractivity contribution in [3.05, 3.63) is 78.8 Å². The van der Waals surface area contributed by atoms with Crippen LogP contribution in [0.4, 0.5) is 0 Å². The number of aromatic nitrogens is 5. The van der Waals surface area contributed by atoms with Crippen LogP contribution in [0.25, 0.3) is 45.1 Å². The lowest BCUT2D eigenvalue weighted by molar-refractivity contribution is 0.101. The van der Waals surface area contributed by atoms with E-state index in [0.29, 0.717) is 11.4 Å². The summed E-state index contributed by atoms with van der Waals surface area (Å²) in [6.45, 7) is 1.57. The van der Waals surface area contributed by atoms with Crippen molar-refractivity contribution in [3.8, 4) is 34.2 Å². The second-order valence-corrected chi connectivity index (χ2v) is 6.76. The van der Waals surface area contributed by atoms with Gasteiger partial charge in [-0.1, -0.05) is 24.3 Å². The van der Waals surface area contributed by atoms with Crippen LogP contribution in [0, 0.1) is 0 Å². The second-order valence-electron chi connectivity index (χ2n) is 6.76. The Morgan fingerprint density at radius 3 is 2.38 bits per heavy atom. The number of hydrogen-bond acceptors (Lipinski definition) is 4. The van der Waals surface area contributed by atoms with Crippen LogP contribution in [0.5, 0.6) is 0 Å². The number of aromatic amines is 2. The molecule has 0 saturated heterocycles. The lowest BCUT2D eigenvalue weighted by Crippen LogP contribution is -1.90. The van der Waals surface area contributed by atoms with Gasteiger partial charge < -0.3 is 9.97 Å². The van der Waals surface area contributed by atoms with E-state index in [9.17, 15) is 4.79 Å². The number of pyridine rings is 2. The Balaban J connectivity index is 1.70. The van der Waals surface area contributed by atoms with E-state index < -0.39 is 0 Å². The summed E-state index contributed by atoms with van der Waals surface area (Å²) in [4.78, 5) is 32.2. The lowest BCUT2D eigenvalue weighted by atomic mass is 10.1. The van der Waals surface area contributed by atoms with E-state index in [4.69, 9.17) is 4.98 Å². The fourth-order valence-corrected chi connectivity index (χ4v) is 3.43. The number of rotatable bonds is 4. The Kier molecular flexibility index (Phi) is 4.02. The van der Waals surface area contributed by atoms with Crippen molar-refractivity contribution in [2.24, 2.45) is 0 Å². The molecular formula is C23H17N5O. The van der Waals surface area contributed by atoms with Crippen LogP contribution < -0.4 is 0 Å². The Labute approximate surface area is 166 Å². The zero-order chi connectivity index (χ0) is 19.8. The largest absolute Gasteiger partial charge is 0.360 e. The van der Waals surface area contributed by atoms with Gasteiger partial charge in [0.25, 0.3) is 0 Å². The Morgan fingerprint density at radius 2 is 1.69 bits per heavy atom. The first-order valence-corrected chi connectivity index (χ1v) is 9.26. The lowest BCUT2D eigenvalue weighted by Gasteiger charge is -2.00. The summed E-state index contributed by atoms with van der Waals surface area (Å²) in [6, 6.07) is 17.2. The Bertz CT molecular complexity index is 1260. The molecule has 5 rings (SSSR count). The highest BCUT2D eigenvalue weighted by Crippen LogP contribution is 2.34. The zero-order valence-electron chi connectivity index (χ0n) is 15.7. The number of hydrogen-bond donors (Lipinski definition) is 2. The third-order valence-corrected chi connectivity index (χ3v) is 4.88. The van der Waals surface area contributed by atoms with E-state index in [1.165, 1.54) is 0 Å². The van der Waals surface area contributed by atoms with Gasteiger partial charge in [-0.25, -0.2) is 4.98 Å². The maximum atomic E-state index is 11.7. The number of fused-ring (bicyclic) bond motifs is 1. The fraction of sp³-hybridized carbons (Fsp3) is 0.0435. The summed E-state index contributed by atoms with van der Waals surface area (Å²) in [5.41, 5.74) is 5.62. The smallest absolute Gasteiger partial charge is 0.159 e. The number of nitrogens with one attached hydrogen (secondary N) is 2. The molecule has 0 aliphatic heterocycles. The van der Waals surface area contributed by atoms with Gasteiger partial charge in [0.05, 0.1) is 17.1 Å². The molecule has 0 spiro atoms. The molecule has 0 amide bonds. The monoisotopic (exact) mass is 379 g/mol. The van der Waals surface area contributed by atoms with E-state index in [-0.39, 0.29) is 5.78 Å². The molecule has 0 bridgehead atoms. The topological polar surface area (TPSA) is 87.3 Å². The summed E-state index contributed by atoms with van der Waals surface area (Å²) in [5.74, 6) is 0.754. The second kappa shape index (κ2) is 6.83. The molecule has 0 aliphatic rings. The zero-order valence-corrected chi connectivity index (χ0v) is 15.7. The van der Waals surface area contributed by atoms with Crippen LogP contribution in [-0.4, -0.2) is 30.7 Å². The van der Waals surface area contributed by atoms with Crippen molar-refractivity contribution in [1.29, 1.82) is 0 Å². The Morgan fingerprint density at radius 1 is 0.931 bits per heavy atom. The molecule has 0 aliphatic carbocycles. The fourth-order valence-electron chi connectivity index (χ4n) is 3.43. The van der Waals surface area contributed by atoms with Gasteiger partial charge in [-0.15, -0.1) is 0 Å². The molecule has 0 atom stereocenters. The summed E-state index contributed by atoms with van der Waals surface area (Å²) in [6.07, 6.45) is 5.41. The van der Waals surface area contributed by atoms with Crippen LogP contribution in [0.2, 0.25) is 0 Å². The molecule has 0 saturated carbocycles. The predicted molar refractivity (Wildman–Crippen MR) is 112 cm³/mol. The van der Waals surface area contributed by atoms with Crippen LogP contribution in [0.1, 0.15) is 17.3 Å². The minimum atomic E-state index is 0.0379. The minimum absolute atomic E-state index is 0.0379. The summed E-state index contributed by atoms with van der Waals surface area (Å²) >= 11 is 0. The standard InChI is InChI=1S/C23H17N5O/c1-14(29)15-8-9-16-17(13-26-20(16)12-15)23-27-21(18-6-2-4-10-24-18)22(28-23)19-7-3-5-11-25-19/h2-13,26H,1H3,(H,27,28). The van der Waals surface area contributed by atoms with Crippen LogP contribution in [0.3, 0.4) is 0 Å². The number of ketones is 1. The van der Waals surface area contributed by atoms with Gasteiger partial charge in [0.15, 0.2) is 5.78 Å². The van der Waals surface area contributed by atoms with Gasteiger partial charge in [0.1, 0.15) is 11.5 Å². The van der Waals surface area contributed by atoms with Crippen molar-refractivity contribution in [3.63, 3.8) is 0 Å². The average molecular weight is 379 g/mol. The van der Waals surface area contributed by atoms with E-state index in [2.05, 4.69) is 19.9 Å². The average Bonchev–Trinajstić information content (AvgIpc) is 3.39. The highest BCUT2D eigenvalue weighted by atomic mass is 16.1. The van der Waals surface area contributed by atoms with Gasteiger partial charge in [-0.3, -0.25) is 14.8 Å². The molecule has 1 aromatic carbocycles. The first-order chi connectivity index (χ1) is 14.2. The van der Waals surface area contributed by atoms with Gasteiger partial charge in [-0.2, -0.15) is 0 Å². The van der Waals surface area contributed by atoms with Gasteiger partial charge in [0.2, 0.25) is 0 Å². The summed E-state index contributed by atoms with van der Waals surface area (Å²) < 4.78 is 0. The minimum Gasteiger partial charge on any atom is -0.360 e. The molecule has 4 aromatic heterocycles. The van der Waals surface area contributed by atoms with Crippen LogP contribution in [0.15, 0.2) is 73.2 Å². The van der Waals surface area contributed by atoms with Crippen molar-refractivity contribution in [2.45, 2.75) is 6.92 Å². The molecular weight excluding hydrogens is 362 g/mol. The Hall–Kier alpha value is -4.06. The number of nitrogens with zero attached hydrogens (tertiary/aromatic N) is 3. The number of H-pyrrole nitrogens is 2. The van der Waals surface area contributed by atoms with Gasteiger partial charge in [-0.05, 0) is 37.3 Å². The number of Topliss-reactive ketones (excluding diaryl/α,β-unsaturated/α-hetero) is 1. The molecule has 2 N–H and O–H groups in total. The molecule has 0 unspecified atom stereocenters. The van der Waals surface area contributed by atoms with E-state index >= 15 is 0 Å². The van der Waals surface area contributed by atoms with E-state index in [1.807, 2.05) is 60.8 Å². The SMILES string of the molecule is CC(=O)c1ccc2c(-c3nc(-c4ccccn4)c(-c4ccccn4)[nH]3)c[nH]c2c1. The third-order valence-electron chi connectivity index (χ3n) is 4.88. The van der Waals surface area contributed by atoms with E-state index in [1.54, 1.807) is 19.3 Å².